The first-order valence-corrected chi connectivity index (χ1v) is 4.88. The van der Waals surface area contributed by atoms with Crippen LogP contribution in [0.3, 0.4) is 0 Å². The van der Waals surface area contributed by atoms with E-state index < -0.39 is 0 Å². The van der Waals surface area contributed by atoms with Crippen molar-refractivity contribution in [1.29, 1.82) is 0 Å². The second kappa shape index (κ2) is 2.82. The molecule has 0 spiro atoms. The minimum absolute atomic E-state index is 0.296. The van der Waals surface area contributed by atoms with E-state index >= 15 is 0 Å². The van der Waals surface area contributed by atoms with Crippen LogP contribution in [0.4, 0.5) is 0 Å². The second-order valence-corrected chi connectivity index (χ2v) is 3.78. The topological polar surface area (TPSA) is 41.6 Å². The molecule has 0 aliphatic heterocycles. The van der Waals surface area contributed by atoms with Gasteiger partial charge in [-0.15, -0.1) is 5.10 Å². The lowest BCUT2D eigenvalue weighted by atomic mass is 9.77. The molecule has 0 radical (unpaired) electrons. The standard InChI is InChI=1S/C10H8ClN3/c11-10-12-9(13-14-10)8-5-6-3-1-2-4-7(6)8/h1-4,8H,5H2,(H,12,13,14). The zero-order chi connectivity index (χ0) is 9.54. The summed E-state index contributed by atoms with van der Waals surface area (Å²) >= 11 is 5.66. The van der Waals surface area contributed by atoms with Gasteiger partial charge in [0.25, 0.3) is 0 Å². The zero-order valence-electron chi connectivity index (χ0n) is 7.37. The predicted octanol–water partition coefficient (Wildman–Crippen LogP) is 2.15. The number of aromatic amines is 1. The Bertz CT molecular complexity index is 478. The van der Waals surface area contributed by atoms with Crippen molar-refractivity contribution in [3.05, 3.63) is 46.5 Å². The van der Waals surface area contributed by atoms with Gasteiger partial charge in [-0.3, -0.25) is 5.10 Å². The Morgan fingerprint density at radius 1 is 1.36 bits per heavy atom. The van der Waals surface area contributed by atoms with Crippen molar-refractivity contribution >= 4 is 11.6 Å². The molecule has 0 saturated heterocycles. The highest BCUT2D eigenvalue weighted by atomic mass is 35.5. The van der Waals surface area contributed by atoms with Crippen LogP contribution < -0.4 is 0 Å². The highest BCUT2D eigenvalue weighted by Crippen LogP contribution is 2.38. The van der Waals surface area contributed by atoms with E-state index in [9.17, 15) is 0 Å². The van der Waals surface area contributed by atoms with Gasteiger partial charge in [0.15, 0.2) is 0 Å². The molecule has 70 valence electrons. The number of aromatic nitrogens is 3. The summed E-state index contributed by atoms with van der Waals surface area (Å²) in [4.78, 5) is 4.13. The van der Waals surface area contributed by atoms with E-state index in [4.69, 9.17) is 11.6 Å². The lowest BCUT2D eigenvalue weighted by Gasteiger charge is -2.27. The smallest absolute Gasteiger partial charge is 0.242 e. The SMILES string of the molecule is Clc1n[nH]c(C2Cc3ccccc32)n1. The van der Waals surface area contributed by atoms with Crippen molar-refractivity contribution in [3.8, 4) is 0 Å². The number of fused-ring (bicyclic) bond motifs is 1. The third-order valence-electron chi connectivity index (χ3n) is 2.66. The van der Waals surface area contributed by atoms with Gasteiger partial charge in [0.05, 0.1) is 0 Å². The highest BCUT2D eigenvalue weighted by molar-refractivity contribution is 6.28. The molecule has 2 aromatic rings. The fourth-order valence-corrected chi connectivity index (χ4v) is 2.04. The Balaban J connectivity index is 1.99. The van der Waals surface area contributed by atoms with Crippen molar-refractivity contribution in [1.82, 2.24) is 15.2 Å². The molecule has 1 aliphatic rings. The molecule has 1 aromatic carbocycles. The maximum absolute atomic E-state index is 5.66. The van der Waals surface area contributed by atoms with E-state index in [1.807, 2.05) is 6.07 Å². The summed E-state index contributed by atoms with van der Waals surface area (Å²) in [6, 6.07) is 8.37. The number of benzene rings is 1. The van der Waals surface area contributed by atoms with Gasteiger partial charge in [-0.2, -0.15) is 0 Å². The molecule has 0 amide bonds. The number of nitrogens with zero attached hydrogens (tertiary/aromatic N) is 2. The highest BCUT2D eigenvalue weighted by Gasteiger charge is 2.29. The van der Waals surface area contributed by atoms with Crippen LogP contribution in [0.25, 0.3) is 0 Å². The molecule has 1 atom stereocenters. The van der Waals surface area contributed by atoms with Crippen LogP contribution in [0.15, 0.2) is 24.3 Å². The number of rotatable bonds is 1. The Morgan fingerprint density at radius 3 is 2.93 bits per heavy atom. The number of hydrogen-bond acceptors (Lipinski definition) is 2. The molecule has 14 heavy (non-hydrogen) atoms. The van der Waals surface area contributed by atoms with Gasteiger partial charge < -0.3 is 0 Å². The second-order valence-electron chi connectivity index (χ2n) is 3.45. The molecule has 1 aromatic heterocycles. The molecule has 1 aliphatic carbocycles. The first kappa shape index (κ1) is 8.00. The van der Waals surface area contributed by atoms with E-state index in [0.29, 0.717) is 11.2 Å². The molecule has 0 bridgehead atoms. The maximum atomic E-state index is 5.66. The number of H-pyrrole nitrogens is 1. The minimum atomic E-state index is 0.296. The molecule has 3 rings (SSSR count). The molecular formula is C10H8ClN3. The number of halogens is 1. The monoisotopic (exact) mass is 205 g/mol. The van der Waals surface area contributed by atoms with Gasteiger partial charge in [0, 0.05) is 5.92 Å². The summed E-state index contributed by atoms with van der Waals surface area (Å²) in [5.41, 5.74) is 2.73. The number of hydrogen-bond donors (Lipinski definition) is 1. The van der Waals surface area contributed by atoms with E-state index in [1.165, 1.54) is 11.1 Å². The normalized spacial score (nSPS) is 18.8. The van der Waals surface area contributed by atoms with Gasteiger partial charge >= 0.3 is 0 Å². The van der Waals surface area contributed by atoms with Crippen molar-refractivity contribution in [2.45, 2.75) is 12.3 Å². The van der Waals surface area contributed by atoms with Crippen molar-refractivity contribution in [3.63, 3.8) is 0 Å². The summed E-state index contributed by atoms with van der Waals surface area (Å²) in [6.07, 6.45) is 1.03. The van der Waals surface area contributed by atoms with Gasteiger partial charge in [-0.05, 0) is 29.1 Å². The quantitative estimate of drug-likeness (QED) is 0.775. The van der Waals surface area contributed by atoms with E-state index in [2.05, 4.69) is 33.4 Å². The first-order chi connectivity index (χ1) is 6.84. The molecule has 0 saturated carbocycles. The van der Waals surface area contributed by atoms with Crippen molar-refractivity contribution in [2.75, 3.05) is 0 Å². The van der Waals surface area contributed by atoms with Gasteiger partial charge in [0.2, 0.25) is 5.28 Å². The summed E-state index contributed by atoms with van der Waals surface area (Å²) in [7, 11) is 0. The molecule has 4 heteroatoms. The van der Waals surface area contributed by atoms with Crippen LogP contribution in [0.1, 0.15) is 22.9 Å². The Kier molecular flexibility index (Phi) is 1.61. The van der Waals surface area contributed by atoms with Crippen molar-refractivity contribution in [2.24, 2.45) is 0 Å². The molecule has 1 unspecified atom stereocenters. The number of nitrogens with one attached hydrogen (secondary N) is 1. The Hall–Kier alpha value is -1.35. The maximum Gasteiger partial charge on any atom is 0.242 e. The van der Waals surface area contributed by atoms with Gasteiger partial charge in [-0.1, -0.05) is 24.3 Å². The summed E-state index contributed by atoms with van der Waals surface area (Å²) in [5, 5.41) is 6.97. The third kappa shape index (κ3) is 1.06. The summed E-state index contributed by atoms with van der Waals surface area (Å²) in [6.45, 7) is 0. The summed E-state index contributed by atoms with van der Waals surface area (Å²) < 4.78 is 0. The van der Waals surface area contributed by atoms with E-state index in [0.717, 1.165) is 12.2 Å². The largest absolute Gasteiger partial charge is 0.261 e. The van der Waals surface area contributed by atoms with Crippen LogP contribution in [0, 0.1) is 0 Å². The van der Waals surface area contributed by atoms with E-state index in [-0.39, 0.29) is 0 Å². The van der Waals surface area contributed by atoms with Crippen molar-refractivity contribution < 1.29 is 0 Å². The molecular weight excluding hydrogens is 198 g/mol. The zero-order valence-corrected chi connectivity index (χ0v) is 8.12. The van der Waals surface area contributed by atoms with E-state index in [1.54, 1.807) is 0 Å². The van der Waals surface area contributed by atoms with Crippen LogP contribution in [0.2, 0.25) is 5.28 Å². The first-order valence-electron chi connectivity index (χ1n) is 4.50. The molecule has 0 fully saturated rings. The van der Waals surface area contributed by atoms with Gasteiger partial charge in [-0.25, -0.2) is 4.98 Å². The van der Waals surface area contributed by atoms with Crippen LogP contribution in [0.5, 0.6) is 0 Å². The minimum Gasteiger partial charge on any atom is -0.261 e. The average molecular weight is 206 g/mol. The molecule has 1 heterocycles. The van der Waals surface area contributed by atoms with Crippen LogP contribution in [-0.4, -0.2) is 15.2 Å². The molecule has 1 N–H and O–H groups in total. The summed E-state index contributed by atoms with van der Waals surface area (Å²) in [5.74, 6) is 1.22. The fraction of sp³-hybridized carbons (Fsp3) is 0.200. The van der Waals surface area contributed by atoms with Gasteiger partial charge in [0.1, 0.15) is 5.82 Å². The Labute approximate surface area is 86.1 Å². The predicted molar refractivity (Wildman–Crippen MR) is 53.4 cm³/mol. The van der Waals surface area contributed by atoms with Crippen LogP contribution >= 0.6 is 11.6 Å². The van der Waals surface area contributed by atoms with Crippen LogP contribution in [-0.2, 0) is 6.42 Å². The Morgan fingerprint density at radius 2 is 2.21 bits per heavy atom. The lowest BCUT2D eigenvalue weighted by Crippen LogP contribution is -2.19. The average Bonchev–Trinajstić information content (AvgIpc) is 2.54. The fourth-order valence-electron chi connectivity index (χ4n) is 1.91. The molecule has 3 nitrogen and oxygen atoms in total. The lowest BCUT2D eigenvalue weighted by molar-refractivity contribution is 0.663. The third-order valence-corrected chi connectivity index (χ3v) is 2.83.